The zero-order valence-corrected chi connectivity index (χ0v) is 13.0. The monoisotopic (exact) mass is 365 g/mol. The molecule has 0 aromatic heterocycles. The van der Waals surface area contributed by atoms with Gasteiger partial charge in [-0.3, -0.25) is 9.59 Å². The largest absolute Gasteiger partial charge is 0.416 e. The van der Waals surface area contributed by atoms with Gasteiger partial charge < -0.3 is 11.1 Å². The van der Waals surface area contributed by atoms with Crippen LogP contribution in [0.3, 0.4) is 0 Å². The van der Waals surface area contributed by atoms with Gasteiger partial charge in [0.2, 0.25) is 21.8 Å². The third-order valence-electron chi connectivity index (χ3n) is 3.46. The van der Waals surface area contributed by atoms with Gasteiger partial charge in [-0.1, -0.05) is 0 Å². The lowest BCUT2D eigenvalue weighted by Gasteiger charge is -2.33. The number of benzene rings is 1. The van der Waals surface area contributed by atoms with E-state index in [1.807, 2.05) is 0 Å². The SMILES string of the molecule is NC(=O)CC1C(=O)NCCN1S(=O)(=O)c1ccc(C(F)(F)F)cc1. The molecule has 1 heterocycles. The van der Waals surface area contributed by atoms with Gasteiger partial charge in [-0.25, -0.2) is 8.42 Å². The summed E-state index contributed by atoms with van der Waals surface area (Å²) in [6.07, 6.45) is -5.12. The van der Waals surface area contributed by atoms with Crippen LogP contribution in [0.5, 0.6) is 0 Å². The molecule has 3 N–H and O–H groups in total. The predicted molar refractivity (Wildman–Crippen MR) is 75.9 cm³/mol. The minimum atomic E-state index is -4.60. The van der Waals surface area contributed by atoms with Crippen molar-refractivity contribution in [1.29, 1.82) is 0 Å². The molecule has 0 radical (unpaired) electrons. The summed E-state index contributed by atoms with van der Waals surface area (Å²) in [4.78, 5) is 22.5. The molecule has 1 aliphatic rings. The molecule has 1 unspecified atom stereocenters. The molecule has 0 spiro atoms. The van der Waals surface area contributed by atoms with E-state index >= 15 is 0 Å². The van der Waals surface area contributed by atoms with Crippen LogP contribution in [-0.4, -0.2) is 43.7 Å². The number of sulfonamides is 1. The third kappa shape index (κ3) is 3.67. The molecule has 7 nitrogen and oxygen atoms in total. The van der Waals surface area contributed by atoms with Crippen molar-refractivity contribution in [2.24, 2.45) is 5.73 Å². The van der Waals surface area contributed by atoms with E-state index in [2.05, 4.69) is 5.32 Å². The smallest absolute Gasteiger partial charge is 0.370 e. The Morgan fingerprint density at radius 2 is 1.88 bits per heavy atom. The molecule has 1 aromatic carbocycles. The van der Waals surface area contributed by atoms with Crippen molar-refractivity contribution < 1.29 is 31.2 Å². The van der Waals surface area contributed by atoms with Crippen molar-refractivity contribution in [2.45, 2.75) is 23.5 Å². The molecule has 2 amide bonds. The zero-order chi connectivity index (χ0) is 18.1. The minimum Gasteiger partial charge on any atom is -0.370 e. The van der Waals surface area contributed by atoms with Crippen molar-refractivity contribution >= 4 is 21.8 Å². The predicted octanol–water partition coefficient (Wildman–Crippen LogP) is 0.0699. The summed E-state index contributed by atoms with van der Waals surface area (Å²) >= 11 is 0. The van der Waals surface area contributed by atoms with Gasteiger partial charge in [0.1, 0.15) is 6.04 Å². The second kappa shape index (κ2) is 6.40. The number of nitrogens with two attached hydrogens (primary N) is 1. The Hall–Kier alpha value is -2.14. The molecule has 132 valence electrons. The lowest BCUT2D eigenvalue weighted by Crippen LogP contribution is -2.58. The molecule has 24 heavy (non-hydrogen) atoms. The lowest BCUT2D eigenvalue weighted by molar-refractivity contribution is -0.137. The van der Waals surface area contributed by atoms with Crippen LogP contribution in [0.4, 0.5) is 13.2 Å². The van der Waals surface area contributed by atoms with Gasteiger partial charge in [0, 0.05) is 13.1 Å². The van der Waals surface area contributed by atoms with E-state index in [0.29, 0.717) is 12.1 Å². The maximum atomic E-state index is 12.6. The van der Waals surface area contributed by atoms with E-state index in [9.17, 15) is 31.2 Å². The summed E-state index contributed by atoms with van der Waals surface area (Å²) in [6, 6.07) is 1.57. The molecule has 1 fully saturated rings. The van der Waals surface area contributed by atoms with E-state index in [-0.39, 0.29) is 13.1 Å². The van der Waals surface area contributed by atoms with Crippen molar-refractivity contribution in [3.8, 4) is 0 Å². The molecule has 11 heteroatoms. The topological polar surface area (TPSA) is 110 Å². The number of carbonyl (C=O) groups is 2. The Bertz CT molecular complexity index is 747. The number of hydrogen-bond donors (Lipinski definition) is 2. The van der Waals surface area contributed by atoms with Crippen LogP contribution in [0.15, 0.2) is 29.2 Å². The first-order valence-corrected chi connectivity index (χ1v) is 8.22. The van der Waals surface area contributed by atoms with Gasteiger partial charge in [-0.05, 0) is 24.3 Å². The summed E-state index contributed by atoms with van der Waals surface area (Å²) in [6.45, 7) is -0.0962. The first-order chi connectivity index (χ1) is 11.0. The number of nitrogens with one attached hydrogen (secondary N) is 1. The fourth-order valence-electron chi connectivity index (χ4n) is 2.32. The molecule has 0 bridgehead atoms. The van der Waals surface area contributed by atoms with Gasteiger partial charge in [-0.15, -0.1) is 0 Å². The number of primary amides is 1. The van der Waals surface area contributed by atoms with E-state index in [0.717, 1.165) is 16.4 Å². The van der Waals surface area contributed by atoms with E-state index in [1.54, 1.807) is 0 Å². The first-order valence-electron chi connectivity index (χ1n) is 6.78. The first kappa shape index (κ1) is 18.2. The van der Waals surface area contributed by atoms with Crippen molar-refractivity contribution in [3.05, 3.63) is 29.8 Å². The van der Waals surface area contributed by atoms with Crippen molar-refractivity contribution in [2.75, 3.05) is 13.1 Å². The summed E-state index contributed by atoms with van der Waals surface area (Å²) in [5.74, 6) is -1.56. The highest BCUT2D eigenvalue weighted by atomic mass is 32.2. The van der Waals surface area contributed by atoms with E-state index < -0.39 is 50.9 Å². The molecule has 1 saturated heterocycles. The number of carbonyl (C=O) groups excluding carboxylic acids is 2. The molecular weight excluding hydrogens is 351 g/mol. The molecule has 0 saturated carbocycles. The van der Waals surface area contributed by atoms with Gasteiger partial charge in [0.15, 0.2) is 0 Å². The van der Waals surface area contributed by atoms with Gasteiger partial charge in [-0.2, -0.15) is 17.5 Å². The summed E-state index contributed by atoms with van der Waals surface area (Å²) in [7, 11) is -4.25. The van der Waals surface area contributed by atoms with Crippen LogP contribution >= 0.6 is 0 Å². The van der Waals surface area contributed by atoms with Gasteiger partial charge >= 0.3 is 6.18 Å². The Morgan fingerprint density at radius 3 is 2.38 bits per heavy atom. The van der Waals surface area contributed by atoms with Crippen LogP contribution in [0.2, 0.25) is 0 Å². The number of rotatable bonds is 4. The quantitative estimate of drug-likeness (QED) is 0.787. The lowest BCUT2D eigenvalue weighted by atomic mass is 10.1. The second-order valence-electron chi connectivity index (χ2n) is 5.12. The maximum absolute atomic E-state index is 12.6. The number of hydrogen-bond acceptors (Lipinski definition) is 4. The normalized spacial score (nSPS) is 19.8. The average Bonchev–Trinajstić information content (AvgIpc) is 2.48. The fraction of sp³-hybridized carbons (Fsp3) is 0.385. The molecular formula is C13H14F3N3O4S. The maximum Gasteiger partial charge on any atom is 0.416 e. The van der Waals surface area contributed by atoms with Crippen LogP contribution in [-0.2, 0) is 25.8 Å². The Morgan fingerprint density at radius 1 is 1.29 bits per heavy atom. The summed E-state index contributed by atoms with van der Waals surface area (Å²) in [5.41, 5.74) is 4.04. The molecule has 2 rings (SSSR count). The second-order valence-corrected chi connectivity index (χ2v) is 7.01. The number of nitrogens with zero attached hydrogens (tertiary/aromatic N) is 1. The molecule has 1 aliphatic heterocycles. The van der Waals surface area contributed by atoms with Gasteiger partial charge in [0.25, 0.3) is 0 Å². The fourth-order valence-corrected chi connectivity index (χ4v) is 3.91. The summed E-state index contributed by atoms with van der Waals surface area (Å²) < 4.78 is 63.7. The standard InChI is InChI=1S/C13H14F3N3O4S/c14-13(15,16)8-1-3-9(4-2-8)24(22,23)19-6-5-18-12(21)10(19)7-11(17)20/h1-4,10H,5-7H2,(H2,17,20)(H,18,21). The molecule has 1 atom stereocenters. The van der Waals surface area contributed by atoms with Crippen LogP contribution in [0, 0.1) is 0 Å². The minimum absolute atomic E-state index is 0.0218. The zero-order valence-electron chi connectivity index (χ0n) is 12.2. The van der Waals surface area contributed by atoms with Crippen molar-refractivity contribution in [3.63, 3.8) is 0 Å². The van der Waals surface area contributed by atoms with Crippen LogP contribution in [0.25, 0.3) is 0 Å². The summed E-state index contributed by atoms with van der Waals surface area (Å²) in [5, 5.41) is 2.42. The number of piperazine rings is 1. The highest BCUT2D eigenvalue weighted by Crippen LogP contribution is 2.30. The van der Waals surface area contributed by atoms with Crippen LogP contribution in [0.1, 0.15) is 12.0 Å². The Labute approximate surface area is 135 Å². The third-order valence-corrected chi connectivity index (χ3v) is 5.39. The van der Waals surface area contributed by atoms with Crippen molar-refractivity contribution in [1.82, 2.24) is 9.62 Å². The Balaban J connectivity index is 2.37. The van der Waals surface area contributed by atoms with E-state index in [4.69, 9.17) is 5.73 Å². The highest BCUT2D eigenvalue weighted by Gasteiger charge is 2.39. The van der Waals surface area contributed by atoms with Crippen LogP contribution < -0.4 is 11.1 Å². The van der Waals surface area contributed by atoms with Gasteiger partial charge in [0.05, 0.1) is 16.9 Å². The highest BCUT2D eigenvalue weighted by molar-refractivity contribution is 7.89. The Kier molecular flexibility index (Phi) is 4.85. The number of amides is 2. The van der Waals surface area contributed by atoms with E-state index in [1.165, 1.54) is 0 Å². The number of alkyl halides is 3. The number of halogens is 3. The molecule has 1 aromatic rings. The average molecular weight is 365 g/mol. The molecule has 0 aliphatic carbocycles.